The van der Waals surface area contributed by atoms with Crippen LogP contribution < -0.4 is 4.90 Å². The third-order valence-corrected chi connectivity index (χ3v) is 9.45. The highest BCUT2D eigenvalue weighted by atomic mass is 32.1. The fraction of sp³-hybridized carbons (Fsp3) is 0.621. The van der Waals surface area contributed by atoms with E-state index in [1.54, 1.807) is 11.3 Å². The first-order chi connectivity index (χ1) is 18.5. The van der Waals surface area contributed by atoms with Gasteiger partial charge in [-0.05, 0) is 43.1 Å². The zero-order valence-corrected chi connectivity index (χ0v) is 23.5. The van der Waals surface area contributed by atoms with Gasteiger partial charge in [0.2, 0.25) is 16.0 Å². The maximum absolute atomic E-state index is 13.4. The fourth-order valence-electron chi connectivity index (χ4n) is 6.13. The van der Waals surface area contributed by atoms with E-state index < -0.39 is 0 Å². The molecule has 1 aromatic carbocycles. The molecule has 3 aliphatic rings. The first-order valence-corrected chi connectivity index (χ1v) is 15.2. The van der Waals surface area contributed by atoms with Crippen molar-refractivity contribution in [2.45, 2.75) is 45.4 Å². The summed E-state index contributed by atoms with van der Waals surface area (Å²) < 4.78 is 7.40. The Bertz CT molecular complexity index is 1190. The first kappa shape index (κ1) is 25.8. The molecule has 5 heterocycles. The van der Waals surface area contributed by atoms with Crippen LogP contribution in [0.5, 0.6) is 0 Å². The Balaban J connectivity index is 1.03. The second-order valence-corrected chi connectivity index (χ2v) is 12.4. The van der Waals surface area contributed by atoms with Gasteiger partial charge in [0, 0.05) is 57.3 Å². The summed E-state index contributed by atoms with van der Waals surface area (Å²) in [7, 11) is 0. The highest BCUT2D eigenvalue weighted by Gasteiger charge is 2.33. The number of likely N-dealkylation sites (tertiary alicyclic amines) is 1. The first-order valence-electron chi connectivity index (χ1n) is 14.3. The van der Waals surface area contributed by atoms with Gasteiger partial charge in [0.25, 0.3) is 0 Å². The number of nitrogens with zero attached hydrogens (tertiary/aromatic N) is 6. The quantitative estimate of drug-likeness (QED) is 0.466. The lowest BCUT2D eigenvalue weighted by Gasteiger charge is -2.39. The molecule has 0 saturated carbocycles. The molecular weight excluding hydrogens is 496 g/mol. The third-order valence-electron chi connectivity index (χ3n) is 8.47. The highest BCUT2D eigenvalue weighted by molar-refractivity contribution is 7.20. The van der Waals surface area contributed by atoms with Gasteiger partial charge in [-0.3, -0.25) is 9.69 Å². The van der Waals surface area contributed by atoms with Gasteiger partial charge in [0.05, 0.1) is 25.1 Å². The summed E-state index contributed by atoms with van der Waals surface area (Å²) in [5.74, 6) is 1.63. The van der Waals surface area contributed by atoms with E-state index in [2.05, 4.69) is 52.8 Å². The zero-order valence-electron chi connectivity index (χ0n) is 22.7. The number of carbonyl (C=O) groups excluding carboxylic acids is 1. The van der Waals surface area contributed by atoms with Crippen LogP contribution in [0.15, 0.2) is 30.5 Å². The van der Waals surface area contributed by atoms with Crippen molar-refractivity contribution in [3.63, 3.8) is 0 Å². The van der Waals surface area contributed by atoms with E-state index in [0.717, 1.165) is 99.6 Å². The van der Waals surface area contributed by atoms with E-state index in [-0.39, 0.29) is 5.92 Å². The summed E-state index contributed by atoms with van der Waals surface area (Å²) in [4.78, 5) is 26.2. The molecule has 3 saturated heterocycles. The lowest BCUT2D eigenvalue weighted by atomic mass is 9.92. The number of morpholine rings is 1. The van der Waals surface area contributed by atoms with Crippen molar-refractivity contribution in [1.82, 2.24) is 24.4 Å². The number of rotatable bonds is 6. The van der Waals surface area contributed by atoms with E-state index in [0.29, 0.717) is 17.7 Å². The third kappa shape index (κ3) is 5.60. The molecule has 1 unspecified atom stereocenters. The van der Waals surface area contributed by atoms with Crippen molar-refractivity contribution in [3.8, 4) is 11.3 Å². The summed E-state index contributed by atoms with van der Waals surface area (Å²) in [6.07, 6.45) is 6.19. The van der Waals surface area contributed by atoms with Gasteiger partial charge in [0.15, 0.2) is 0 Å². The van der Waals surface area contributed by atoms with Gasteiger partial charge in [-0.1, -0.05) is 49.4 Å². The van der Waals surface area contributed by atoms with Crippen molar-refractivity contribution in [2.75, 3.05) is 63.9 Å². The molecule has 9 heteroatoms. The summed E-state index contributed by atoms with van der Waals surface area (Å²) >= 11 is 1.64. The smallest absolute Gasteiger partial charge is 0.225 e. The molecule has 0 N–H and O–H groups in total. The molecule has 0 spiro atoms. The number of piperidine rings is 2. The van der Waals surface area contributed by atoms with Gasteiger partial charge in [-0.25, -0.2) is 9.50 Å². The second-order valence-electron chi connectivity index (χ2n) is 11.5. The standard InChI is InChI=1S/C29H40N6O2S/c1-21(2)23-5-7-24(8-6-23)26-20-35-28(30-26)38-29(31-35)33-12-9-25(10-13-33)27(36)34-11-3-4-22(19-34)18-32-14-16-37-17-15-32/h5-8,20-22,25H,3-4,9-19H2,1-2H3. The van der Waals surface area contributed by atoms with Crippen LogP contribution in [0.25, 0.3) is 16.2 Å². The Hall–Kier alpha value is -2.49. The number of imidazole rings is 1. The van der Waals surface area contributed by atoms with Gasteiger partial charge in [0.1, 0.15) is 0 Å². The number of benzene rings is 1. The van der Waals surface area contributed by atoms with Crippen molar-refractivity contribution in [1.29, 1.82) is 0 Å². The van der Waals surface area contributed by atoms with Crippen LogP contribution in [-0.2, 0) is 9.53 Å². The lowest BCUT2D eigenvalue weighted by Crippen LogP contribution is -2.49. The van der Waals surface area contributed by atoms with E-state index >= 15 is 0 Å². The molecular formula is C29H40N6O2S. The molecule has 0 aliphatic carbocycles. The van der Waals surface area contributed by atoms with Gasteiger partial charge >= 0.3 is 0 Å². The van der Waals surface area contributed by atoms with E-state index in [1.807, 2.05) is 10.7 Å². The van der Waals surface area contributed by atoms with Crippen LogP contribution in [0.4, 0.5) is 5.13 Å². The highest BCUT2D eigenvalue weighted by Crippen LogP contribution is 2.31. The van der Waals surface area contributed by atoms with Crippen LogP contribution in [0.3, 0.4) is 0 Å². The minimum absolute atomic E-state index is 0.137. The normalized spacial score (nSPS) is 22.0. The summed E-state index contributed by atoms with van der Waals surface area (Å²) in [5.41, 5.74) is 3.42. The number of ether oxygens (including phenoxy) is 1. The largest absolute Gasteiger partial charge is 0.379 e. The van der Waals surface area contributed by atoms with Gasteiger partial charge in [-0.15, -0.1) is 5.10 Å². The SMILES string of the molecule is CC(C)c1ccc(-c2cn3nc(N4CCC(C(=O)N5CCCC(CN6CCOCC6)C5)CC4)sc3n2)cc1. The van der Waals surface area contributed by atoms with Crippen LogP contribution >= 0.6 is 11.3 Å². The molecule has 3 aromatic rings. The van der Waals surface area contributed by atoms with E-state index in [1.165, 1.54) is 12.0 Å². The Labute approximate surface area is 229 Å². The van der Waals surface area contributed by atoms with Crippen LogP contribution in [-0.4, -0.2) is 89.3 Å². The molecule has 6 rings (SSSR count). The maximum atomic E-state index is 13.4. The number of hydrogen-bond donors (Lipinski definition) is 0. The van der Waals surface area contributed by atoms with Gasteiger partial charge in [-0.2, -0.15) is 0 Å². The number of amides is 1. The number of aromatic nitrogens is 3. The molecule has 8 nitrogen and oxygen atoms in total. The molecule has 1 amide bonds. The average Bonchev–Trinajstić information content (AvgIpc) is 3.53. The monoisotopic (exact) mass is 536 g/mol. The van der Waals surface area contributed by atoms with Crippen molar-refractivity contribution in [2.24, 2.45) is 11.8 Å². The predicted octanol–water partition coefficient (Wildman–Crippen LogP) is 4.37. The number of fused-ring (bicyclic) bond motifs is 1. The second kappa shape index (κ2) is 11.3. The predicted molar refractivity (Wildman–Crippen MR) is 152 cm³/mol. The minimum Gasteiger partial charge on any atom is -0.379 e. The average molecular weight is 537 g/mol. The minimum atomic E-state index is 0.137. The van der Waals surface area contributed by atoms with Crippen LogP contribution in [0.2, 0.25) is 0 Å². The van der Waals surface area contributed by atoms with Crippen molar-refractivity contribution >= 4 is 27.3 Å². The molecule has 0 bridgehead atoms. The Morgan fingerprint density at radius 2 is 1.82 bits per heavy atom. The molecule has 204 valence electrons. The molecule has 2 aromatic heterocycles. The molecule has 1 atom stereocenters. The maximum Gasteiger partial charge on any atom is 0.225 e. The number of hydrogen-bond acceptors (Lipinski definition) is 7. The zero-order chi connectivity index (χ0) is 26.1. The summed E-state index contributed by atoms with van der Waals surface area (Å²) in [6, 6.07) is 8.67. The number of carbonyl (C=O) groups is 1. The Kier molecular flexibility index (Phi) is 7.68. The van der Waals surface area contributed by atoms with Crippen LogP contribution in [0.1, 0.15) is 51.0 Å². The fourth-order valence-corrected chi connectivity index (χ4v) is 7.07. The molecule has 3 fully saturated rings. The summed E-state index contributed by atoms with van der Waals surface area (Å²) in [5, 5.41) is 5.85. The van der Waals surface area contributed by atoms with Gasteiger partial charge < -0.3 is 14.5 Å². The van der Waals surface area contributed by atoms with E-state index in [4.69, 9.17) is 14.8 Å². The lowest BCUT2D eigenvalue weighted by molar-refractivity contribution is -0.138. The molecule has 38 heavy (non-hydrogen) atoms. The Morgan fingerprint density at radius 1 is 1.05 bits per heavy atom. The van der Waals surface area contributed by atoms with Crippen LogP contribution in [0, 0.1) is 11.8 Å². The summed E-state index contributed by atoms with van der Waals surface area (Å²) in [6.45, 7) is 12.8. The topological polar surface area (TPSA) is 66.2 Å². The van der Waals surface area contributed by atoms with Crippen molar-refractivity contribution in [3.05, 3.63) is 36.0 Å². The van der Waals surface area contributed by atoms with E-state index in [9.17, 15) is 4.79 Å². The van der Waals surface area contributed by atoms with Crippen molar-refractivity contribution < 1.29 is 9.53 Å². The molecule has 0 radical (unpaired) electrons. The number of anilines is 1. The Morgan fingerprint density at radius 3 is 2.53 bits per heavy atom. The molecule has 3 aliphatic heterocycles.